The molecule has 1 N–H and O–H groups in total. The van der Waals surface area contributed by atoms with Gasteiger partial charge < -0.3 is 14.6 Å². The van der Waals surface area contributed by atoms with Gasteiger partial charge in [-0.15, -0.1) is 11.3 Å². The Morgan fingerprint density at radius 3 is 2.94 bits per heavy atom. The molecule has 0 aromatic carbocycles. The number of carbonyl (C=O) groups excluding carboxylic acids is 1. The molecule has 0 radical (unpaired) electrons. The molecule has 3 aromatic heterocycles. The summed E-state index contributed by atoms with van der Waals surface area (Å²) >= 11 is 1.62. The third kappa shape index (κ3) is 4.94. The molecule has 1 amide bonds. The number of nitrogens with zero attached hydrogens (tertiary/aromatic N) is 3. The van der Waals surface area contributed by atoms with E-state index >= 15 is 0 Å². The number of carbonyl (C=O) groups is 1. The van der Waals surface area contributed by atoms with Gasteiger partial charge in [-0.2, -0.15) is 0 Å². The summed E-state index contributed by atoms with van der Waals surface area (Å²) in [6.45, 7) is 10.5. The van der Waals surface area contributed by atoms with Crippen LogP contribution in [0.1, 0.15) is 55.4 Å². The number of hydrogen-bond donors (Lipinski definition) is 1. The van der Waals surface area contributed by atoms with Crippen LogP contribution in [0.4, 0.5) is 0 Å². The van der Waals surface area contributed by atoms with Crippen molar-refractivity contribution in [2.24, 2.45) is 5.92 Å². The van der Waals surface area contributed by atoms with Crippen LogP contribution in [0.25, 0.3) is 22.0 Å². The second-order valence-corrected chi connectivity index (χ2v) is 9.66. The Morgan fingerprint density at radius 2 is 2.22 bits per heavy atom. The van der Waals surface area contributed by atoms with Gasteiger partial charge in [-0.1, -0.05) is 20.8 Å². The van der Waals surface area contributed by atoms with Gasteiger partial charge in [-0.25, -0.2) is 4.98 Å². The van der Waals surface area contributed by atoms with Crippen LogP contribution >= 0.6 is 11.3 Å². The van der Waals surface area contributed by atoms with Crippen molar-refractivity contribution in [1.82, 2.24) is 19.9 Å². The normalized spacial score (nSPS) is 16.1. The van der Waals surface area contributed by atoms with E-state index in [9.17, 15) is 4.79 Å². The average molecular weight is 453 g/mol. The highest BCUT2D eigenvalue weighted by Gasteiger charge is 2.24. The molecule has 1 atom stereocenters. The van der Waals surface area contributed by atoms with Crippen LogP contribution in [0, 0.1) is 12.8 Å². The predicted molar refractivity (Wildman–Crippen MR) is 129 cm³/mol. The Labute approximate surface area is 194 Å². The van der Waals surface area contributed by atoms with E-state index in [1.165, 1.54) is 0 Å². The topological polar surface area (TPSA) is 69.0 Å². The van der Waals surface area contributed by atoms with Crippen molar-refractivity contribution in [3.63, 3.8) is 0 Å². The molecular weight excluding hydrogens is 420 g/mol. The lowest BCUT2D eigenvalue weighted by Crippen LogP contribution is -2.27. The van der Waals surface area contributed by atoms with E-state index in [1.54, 1.807) is 11.3 Å². The standard InChI is InChI=1S/C25H32N4O2S/c1-5-19-11-18(8-9-26-19)25-28-22(15-32-25)23-12-21(24(30)27-13-16(2)3)17(4)29(23)14-20-7-6-10-31-20/h8-9,11-12,15-16,20H,5-7,10,13-14H2,1-4H3,(H,27,30). The van der Waals surface area contributed by atoms with Crippen molar-refractivity contribution in [3.8, 4) is 22.0 Å². The Kier molecular flexibility index (Phi) is 7.06. The summed E-state index contributed by atoms with van der Waals surface area (Å²) in [4.78, 5) is 22.3. The van der Waals surface area contributed by atoms with Crippen molar-refractivity contribution in [2.45, 2.75) is 59.6 Å². The van der Waals surface area contributed by atoms with Gasteiger partial charge in [0.15, 0.2) is 0 Å². The predicted octanol–water partition coefficient (Wildman–Crippen LogP) is 5.11. The van der Waals surface area contributed by atoms with E-state index in [2.05, 4.69) is 47.1 Å². The average Bonchev–Trinajstić information content (AvgIpc) is 3.54. The van der Waals surface area contributed by atoms with Crippen molar-refractivity contribution in [2.75, 3.05) is 13.2 Å². The molecule has 0 bridgehead atoms. The fourth-order valence-corrected chi connectivity index (χ4v) is 4.85. The molecule has 1 aliphatic rings. The first kappa shape index (κ1) is 22.7. The number of thiazole rings is 1. The van der Waals surface area contributed by atoms with E-state index in [-0.39, 0.29) is 12.0 Å². The lowest BCUT2D eigenvalue weighted by Gasteiger charge is -2.15. The van der Waals surface area contributed by atoms with Crippen LogP contribution in [0.15, 0.2) is 29.8 Å². The molecule has 1 unspecified atom stereocenters. The Bertz CT molecular complexity index is 1080. The molecule has 0 spiro atoms. The van der Waals surface area contributed by atoms with Gasteiger partial charge >= 0.3 is 0 Å². The number of ether oxygens (including phenoxy) is 1. The van der Waals surface area contributed by atoms with Crippen molar-refractivity contribution in [1.29, 1.82) is 0 Å². The van der Waals surface area contributed by atoms with Gasteiger partial charge in [0.25, 0.3) is 5.91 Å². The Balaban J connectivity index is 1.69. The summed E-state index contributed by atoms with van der Waals surface area (Å²) in [6, 6.07) is 6.09. The molecule has 32 heavy (non-hydrogen) atoms. The third-order valence-electron chi connectivity index (χ3n) is 5.88. The van der Waals surface area contributed by atoms with E-state index in [0.717, 1.165) is 65.8 Å². The minimum absolute atomic E-state index is 0.0271. The zero-order chi connectivity index (χ0) is 22.7. The first-order valence-corrected chi connectivity index (χ1v) is 12.3. The van der Waals surface area contributed by atoms with Crippen LogP contribution in [0.5, 0.6) is 0 Å². The second kappa shape index (κ2) is 9.96. The molecule has 0 saturated carbocycles. The molecule has 1 aliphatic heterocycles. The molecule has 6 nitrogen and oxygen atoms in total. The lowest BCUT2D eigenvalue weighted by molar-refractivity contribution is 0.0938. The summed E-state index contributed by atoms with van der Waals surface area (Å²) in [5.41, 5.74) is 5.68. The number of nitrogens with one attached hydrogen (secondary N) is 1. The molecule has 3 aromatic rings. The molecule has 1 saturated heterocycles. The Morgan fingerprint density at radius 1 is 1.38 bits per heavy atom. The maximum Gasteiger partial charge on any atom is 0.253 e. The number of aryl methyl sites for hydroxylation is 1. The summed E-state index contributed by atoms with van der Waals surface area (Å²) < 4.78 is 8.12. The van der Waals surface area contributed by atoms with Crippen molar-refractivity contribution in [3.05, 3.63) is 46.7 Å². The zero-order valence-corrected chi connectivity index (χ0v) is 20.2. The van der Waals surface area contributed by atoms with Crippen LogP contribution < -0.4 is 5.32 Å². The van der Waals surface area contributed by atoms with Gasteiger partial charge in [-0.3, -0.25) is 9.78 Å². The second-order valence-electron chi connectivity index (χ2n) is 8.81. The van der Waals surface area contributed by atoms with E-state index in [1.807, 2.05) is 25.3 Å². The number of aromatic nitrogens is 3. The monoisotopic (exact) mass is 452 g/mol. The SMILES string of the molecule is CCc1cc(-c2nc(-c3cc(C(=O)NCC(C)C)c(C)n3CC3CCCO3)cs2)ccn1. The van der Waals surface area contributed by atoms with Gasteiger partial charge in [0.05, 0.1) is 23.1 Å². The molecule has 7 heteroatoms. The van der Waals surface area contributed by atoms with Crippen LogP contribution in [-0.4, -0.2) is 39.7 Å². The summed E-state index contributed by atoms with van der Waals surface area (Å²) in [7, 11) is 0. The first-order chi connectivity index (χ1) is 15.5. The summed E-state index contributed by atoms with van der Waals surface area (Å²) in [6.07, 6.45) is 5.05. The molecule has 4 rings (SSSR count). The van der Waals surface area contributed by atoms with Gasteiger partial charge in [-0.05, 0) is 50.3 Å². The molecule has 0 aliphatic carbocycles. The summed E-state index contributed by atoms with van der Waals surface area (Å²) in [5.74, 6) is 0.378. The minimum atomic E-state index is -0.0271. The van der Waals surface area contributed by atoms with Crippen LogP contribution in [-0.2, 0) is 17.7 Å². The number of amides is 1. The lowest BCUT2D eigenvalue weighted by atomic mass is 10.2. The zero-order valence-electron chi connectivity index (χ0n) is 19.4. The maximum absolute atomic E-state index is 12.9. The van der Waals surface area contributed by atoms with Gasteiger partial charge in [0.2, 0.25) is 0 Å². The highest BCUT2D eigenvalue weighted by Crippen LogP contribution is 2.32. The van der Waals surface area contributed by atoms with E-state index in [0.29, 0.717) is 18.0 Å². The number of rotatable bonds is 8. The van der Waals surface area contributed by atoms with E-state index < -0.39 is 0 Å². The molecule has 170 valence electrons. The fraction of sp³-hybridized carbons (Fsp3) is 0.480. The quantitative estimate of drug-likeness (QED) is 0.516. The molecular formula is C25H32N4O2S. The number of pyridine rings is 1. The van der Waals surface area contributed by atoms with Crippen molar-refractivity contribution < 1.29 is 9.53 Å². The van der Waals surface area contributed by atoms with Crippen molar-refractivity contribution >= 4 is 17.2 Å². The maximum atomic E-state index is 12.9. The Hall–Kier alpha value is -2.51. The largest absolute Gasteiger partial charge is 0.376 e. The molecule has 4 heterocycles. The van der Waals surface area contributed by atoms with E-state index in [4.69, 9.17) is 9.72 Å². The van der Waals surface area contributed by atoms with Gasteiger partial charge in [0, 0.05) is 48.2 Å². The van der Waals surface area contributed by atoms with Gasteiger partial charge in [0.1, 0.15) is 5.01 Å². The third-order valence-corrected chi connectivity index (χ3v) is 6.78. The van der Waals surface area contributed by atoms with Crippen LogP contribution in [0.2, 0.25) is 0 Å². The first-order valence-electron chi connectivity index (χ1n) is 11.5. The number of hydrogen-bond acceptors (Lipinski definition) is 5. The fourth-order valence-electron chi connectivity index (χ4n) is 4.04. The van der Waals surface area contributed by atoms with Crippen LogP contribution in [0.3, 0.4) is 0 Å². The highest BCUT2D eigenvalue weighted by atomic mass is 32.1. The smallest absolute Gasteiger partial charge is 0.253 e. The highest BCUT2D eigenvalue weighted by molar-refractivity contribution is 7.13. The molecule has 1 fully saturated rings. The summed E-state index contributed by atoms with van der Waals surface area (Å²) in [5, 5.41) is 6.10. The minimum Gasteiger partial charge on any atom is -0.376 e.